The van der Waals surface area contributed by atoms with Gasteiger partial charge in [0.1, 0.15) is 6.29 Å². The van der Waals surface area contributed by atoms with E-state index >= 15 is 0 Å². The van der Waals surface area contributed by atoms with Crippen LogP contribution in [0, 0.1) is 5.92 Å². The van der Waals surface area contributed by atoms with Gasteiger partial charge >= 0.3 is 0 Å². The lowest BCUT2D eigenvalue weighted by molar-refractivity contribution is -0.111. The lowest BCUT2D eigenvalue weighted by Gasteiger charge is -2.19. The largest absolute Gasteiger partial charge is 0.372 e. The van der Waals surface area contributed by atoms with Crippen LogP contribution >= 0.6 is 0 Å². The van der Waals surface area contributed by atoms with Gasteiger partial charge in [0.25, 0.3) is 0 Å². The molecule has 0 aromatic heterocycles. The van der Waals surface area contributed by atoms with Gasteiger partial charge in [-0.05, 0) is 5.56 Å². The molecule has 0 N–H and O–H groups in total. The minimum Gasteiger partial charge on any atom is -0.372 e. The highest BCUT2D eigenvalue weighted by molar-refractivity contribution is 5.50. The molecule has 0 unspecified atom stereocenters. The highest BCUT2D eigenvalue weighted by Gasteiger charge is 2.14. The summed E-state index contributed by atoms with van der Waals surface area (Å²) < 4.78 is 5.72. The minimum atomic E-state index is -0.0739. The fourth-order valence-electron chi connectivity index (χ4n) is 1.46. The third-order valence-corrected chi connectivity index (χ3v) is 2.59. The summed E-state index contributed by atoms with van der Waals surface area (Å²) >= 11 is 0. The fraction of sp³-hybridized carbons (Fsp3) is 0.357. The molecule has 0 spiro atoms. The van der Waals surface area contributed by atoms with Crippen LogP contribution < -0.4 is 0 Å². The Morgan fingerprint density at radius 3 is 2.62 bits per heavy atom. The van der Waals surface area contributed by atoms with E-state index < -0.39 is 0 Å². The van der Waals surface area contributed by atoms with Crippen molar-refractivity contribution < 1.29 is 9.53 Å². The third kappa shape index (κ3) is 3.99. The molecule has 0 amide bonds. The van der Waals surface area contributed by atoms with Crippen molar-refractivity contribution in [2.24, 2.45) is 5.92 Å². The third-order valence-electron chi connectivity index (χ3n) is 2.59. The summed E-state index contributed by atoms with van der Waals surface area (Å²) in [7, 11) is 0. The highest BCUT2D eigenvalue weighted by atomic mass is 16.5. The topological polar surface area (TPSA) is 26.3 Å². The van der Waals surface area contributed by atoms with Crippen LogP contribution in [0.1, 0.15) is 18.9 Å². The molecule has 2 atom stereocenters. The van der Waals surface area contributed by atoms with Crippen molar-refractivity contribution in [1.29, 1.82) is 0 Å². The summed E-state index contributed by atoms with van der Waals surface area (Å²) in [5.41, 5.74) is 1.12. The van der Waals surface area contributed by atoms with E-state index in [0.29, 0.717) is 13.0 Å². The highest BCUT2D eigenvalue weighted by Crippen LogP contribution is 2.14. The molecule has 1 rings (SSSR count). The van der Waals surface area contributed by atoms with E-state index in [-0.39, 0.29) is 12.0 Å². The standard InChI is InChI=1S/C14H18O2/c1-3-12(2)14(9-10-15)16-11-13-7-5-4-6-8-13/h3-8,10,12,14H,1,9,11H2,2H3/t12-,14-/m0/s1. The summed E-state index contributed by atoms with van der Waals surface area (Å²) in [6, 6.07) is 9.95. The first kappa shape index (κ1) is 12.7. The molecule has 0 aliphatic rings. The van der Waals surface area contributed by atoms with Crippen LogP contribution in [-0.2, 0) is 16.1 Å². The number of aldehydes is 1. The average Bonchev–Trinajstić information content (AvgIpc) is 2.34. The van der Waals surface area contributed by atoms with Gasteiger partial charge in [0, 0.05) is 12.3 Å². The molecule has 1 aromatic rings. The number of carbonyl (C=O) groups is 1. The Balaban J connectivity index is 2.49. The maximum Gasteiger partial charge on any atom is 0.122 e. The van der Waals surface area contributed by atoms with E-state index in [0.717, 1.165) is 11.8 Å². The molecule has 1 aromatic carbocycles. The van der Waals surface area contributed by atoms with E-state index in [1.807, 2.05) is 43.3 Å². The number of benzene rings is 1. The molecule has 0 aliphatic carbocycles. The SMILES string of the molecule is C=C[C@H](C)[C@H](CC=O)OCc1ccccc1. The Morgan fingerprint density at radius 2 is 2.06 bits per heavy atom. The molecule has 16 heavy (non-hydrogen) atoms. The number of carbonyl (C=O) groups excluding carboxylic acids is 1. The van der Waals surface area contributed by atoms with Gasteiger partial charge in [-0.15, -0.1) is 6.58 Å². The van der Waals surface area contributed by atoms with E-state index in [2.05, 4.69) is 6.58 Å². The van der Waals surface area contributed by atoms with Crippen LogP contribution in [0.2, 0.25) is 0 Å². The summed E-state index contributed by atoms with van der Waals surface area (Å²) in [6.07, 6.45) is 3.06. The number of hydrogen-bond acceptors (Lipinski definition) is 2. The molecular weight excluding hydrogens is 200 g/mol. The zero-order valence-electron chi connectivity index (χ0n) is 9.63. The zero-order chi connectivity index (χ0) is 11.8. The molecular formula is C14H18O2. The number of ether oxygens (including phenoxy) is 1. The number of rotatable bonds is 7. The maximum atomic E-state index is 10.5. The van der Waals surface area contributed by atoms with E-state index in [1.165, 1.54) is 0 Å². The molecule has 0 saturated carbocycles. The van der Waals surface area contributed by atoms with E-state index in [9.17, 15) is 4.79 Å². The monoisotopic (exact) mass is 218 g/mol. The molecule has 86 valence electrons. The second kappa shape index (κ2) is 6.96. The molecule has 0 bridgehead atoms. The van der Waals surface area contributed by atoms with E-state index in [4.69, 9.17) is 4.74 Å². The van der Waals surface area contributed by atoms with Crippen LogP contribution in [0.5, 0.6) is 0 Å². The first-order valence-electron chi connectivity index (χ1n) is 5.49. The van der Waals surface area contributed by atoms with Crippen LogP contribution in [-0.4, -0.2) is 12.4 Å². The van der Waals surface area contributed by atoms with Crippen LogP contribution in [0.25, 0.3) is 0 Å². The van der Waals surface area contributed by atoms with Crippen molar-refractivity contribution in [1.82, 2.24) is 0 Å². The van der Waals surface area contributed by atoms with Crippen molar-refractivity contribution in [3.63, 3.8) is 0 Å². The Morgan fingerprint density at radius 1 is 1.38 bits per heavy atom. The lowest BCUT2D eigenvalue weighted by Crippen LogP contribution is -2.20. The zero-order valence-corrected chi connectivity index (χ0v) is 9.63. The minimum absolute atomic E-state index is 0.0739. The second-order valence-electron chi connectivity index (χ2n) is 3.83. The lowest BCUT2D eigenvalue weighted by atomic mass is 10.0. The Hall–Kier alpha value is -1.41. The molecule has 0 saturated heterocycles. The quantitative estimate of drug-likeness (QED) is 0.519. The maximum absolute atomic E-state index is 10.5. The Bertz CT molecular complexity index is 319. The van der Waals surface area contributed by atoms with Gasteiger partial charge in [0.05, 0.1) is 12.7 Å². The molecule has 2 nitrogen and oxygen atoms in total. The summed E-state index contributed by atoms with van der Waals surface area (Å²) in [6.45, 7) is 6.27. The van der Waals surface area contributed by atoms with Crippen LogP contribution in [0.3, 0.4) is 0 Å². The van der Waals surface area contributed by atoms with Crippen molar-refractivity contribution in [3.05, 3.63) is 48.6 Å². The van der Waals surface area contributed by atoms with Crippen molar-refractivity contribution in [2.75, 3.05) is 0 Å². The van der Waals surface area contributed by atoms with Gasteiger partial charge in [0.2, 0.25) is 0 Å². The smallest absolute Gasteiger partial charge is 0.122 e. The molecule has 2 heteroatoms. The number of hydrogen-bond donors (Lipinski definition) is 0. The first-order chi connectivity index (χ1) is 7.77. The normalized spacial score (nSPS) is 14.1. The van der Waals surface area contributed by atoms with Gasteiger partial charge in [-0.3, -0.25) is 0 Å². The average molecular weight is 218 g/mol. The molecule has 0 fully saturated rings. The van der Waals surface area contributed by atoms with Gasteiger partial charge in [0.15, 0.2) is 0 Å². The molecule has 0 heterocycles. The predicted octanol–water partition coefficient (Wildman–Crippen LogP) is 2.98. The summed E-state index contributed by atoms with van der Waals surface area (Å²) in [5.74, 6) is 0.189. The molecule has 0 radical (unpaired) electrons. The Labute approximate surface area is 96.9 Å². The van der Waals surface area contributed by atoms with Gasteiger partial charge < -0.3 is 9.53 Å². The second-order valence-corrected chi connectivity index (χ2v) is 3.83. The van der Waals surface area contributed by atoms with Crippen molar-refractivity contribution in [2.45, 2.75) is 26.1 Å². The van der Waals surface area contributed by atoms with Crippen LogP contribution in [0.15, 0.2) is 43.0 Å². The first-order valence-corrected chi connectivity index (χ1v) is 5.49. The van der Waals surface area contributed by atoms with Crippen LogP contribution in [0.4, 0.5) is 0 Å². The fourth-order valence-corrected chi connectivity index (χ4v) is 1.46. The van der Waals surface area contributed by atoms with Crippen molar-refractivity contribution in [3.8, 4) is 0 Å². The van der Waals surface area contributed by atoms with Gasteiger partial charge in [-0.2, -0.15) is 0 Å². The van der Waals surface area contributed by atoms with Gasteiger partial charge in [-0.25, -0.2) is 0 Å². The molecule has 0 aliphatic heterocycles. The predicted molar refractivity (Wildman–Crippen MR) is 65.1 cm³/mol. The summed E-state index contributed by atoms with van der Waals surface area (Å²) in [4.78, 5) is 10.5. The van der Waals surface area contributed by atoms with Crippen molar-refractivity contribution >= 4 is 6.29 Å². The van der Waals surface area contributed by atoms with E-state index in [1.54, 1.807) is 0 Å². The summed E-state index contributed by atoms with van der Waals surface area (Å²) in [5, 5.41) is 0. The van der Waals surface area contributed by atoms with Gasteiger partial charge in [-0.1, -0.05) is 43.3 Å². The Kier molecular flexibility index (Phi) is 5.51.